The minimum absolute atomic E-state index is 0.0935. The molecule has 2 heterocycles. The highest BCUT2D eigenvalue weighted by atomic mass is 32.1. The van der Waals surface area contributed by atoms with E-state index < -0.39 is 23.8 Å². The monoisotopic (exact) mass is 381 g/mol. The number of benzene rings is 1. The van der Waals surface area contributed by atoms with Gasteiger partial charge in [0.25, 0.3) is 11.7 Å². The van der Waals surface area contributed by atoms with E-state index in [0.717, 1.165) is 0 Å². The maximum atomic E-state index is 12.5. The summed E-state index contributed by atoms with van der Waals surface area (Å²) in [5.41, 5.74) is 0.981. The molecule has 0 fully saturated rings. The second kappa shape index (κ2) is 7.08. The van der Waals surface area contributed by atoms with Gasteiger partial charge in [-0.2, -0.15) is 18.2 Å². The highest BCUT2D eigenvalue weighted by Gasteiger charge is 2.38. The van der Waals surface area contributed by atoms with Crippen molar-refractivity contribution in [3.05, 3.63) is 58.1 Å². The van der Waals surface area contributed by atoms with Crippen LogP contribution in [0.2, 0.25) is 0 Å². The molecule has 0 unspecified atom stereocenters. The standard InChI is InChI=1S/C16H10F3N3O3S/c17-16(18,19)15-21-13(22-25-15)10-5-3-9(4-6-10)8-20-14(24)12(23)11-2-1-7-26-11/h1-7H,8H2,(H,20,24). The van der Waals surface area contributed by atoms with Crippen molar-refractivity contribution in [1.82, 2.24) is 15.5 Å². The number of amides is 1. The summed E-state index contributed by atoms with van der Waals surface area (Å²) in [6, 6.07) is 9.37. The van der Waals surface area contributed by atoms with Gasteiger partial charge in [0, 0.05) is 12.1 Å². The molecule has 0 saturated carbocycles. The third-order valence-electron chi connectivity index (χ3n) is 3.28. The summed E-state index contributed by atoms with van der Waals surface area (Å²) in [6.07, 6.45) is -4.70. The van der Waals surface area contributed by atoms with Gasteiger partial charge in [-0.1, -0.05) is 35.5 Å². The second-order valence-electron chi connectivity index (χ2n) is 5.11. The van der Waals surface area contributed by atoms with E-state index in [0.29, 0.717) is 16.0 Å². The van der Waals surface area contributed by atoms with Crippen LogP contribution in [0.5, 0.6) is 0 Å². The van der Waals surface area contributed by atoms with Gasteiger partial charge in [0.1, 0.15) is 0 Å². The molecule has 0 radical (unpaired) electrons. The maximum absolute atomic E-state index is 12.5. The molecular formula is C16H10F3N3O3S. The predicted octanol–water partition coefficient (Wildman–Crippen LogP) is 3.32. The topological polar surface area (TPSA) is 85.1 Å². The van der Waals surface area contributed by atoms with E-state index in [-0.39, 0.29) is 12.4 Å². The number of aromatic nitrogens is 2. The molecule has 1 N–H and O–H groups in total. The van der Waals surface area contributed by atoms with Crippen molar-refractivity contribution in [3.63, 3.8) is 0 Å². The fourth-order valence-electron chi connectivity index (χ4n) is 2.01. The van der Waals surface area contributed by atoms with Crippen LogP contribution in [0.15, 0.2) is 46.3 Å². The lowest BCUT2D eigenvalue weighted by atomic mass is 10.1. The number of nitrogens with zero attached hydrogens (tertiary/aromatic N) is 2. The highest BCUT2D eigenvalue weighted by molar-refractivity contribution is 7.13. The third kappa shape index (κ3) is 3.97. The van der Waals surface area contributed by atoms with Crippen LogP contribution in [0.4, 0.5) is 13.2 Å². The van der Waals surface area contributed by atoms with Crippen molar-refractivity contribution in [1.29, 1.82) is 0 Å². The molecule has 0 aliphatic heterocycles. The van der Waals surface area contributed by atoms with E-state index in [9.17, 15) is 22.8 Å². The van der Waals surface area contributed by atoms with Gasteiger partial charge in [-0.15, -0.1) is 11.3 Å². The minimum Gasteiger partial charge on any atom is -0.345 e. The lowest BCUT2D eigenvalue weighted by molar-refractivity contribution is -0.159. The maximum Gasteiger partial charge on any atom is 0.471 e. The minimum atomic E-state index is -4.70. The van der Waals surface area contributed by atoms with E-state index in [1.165, 1.54) is 23.5 Å². The first kappa shape index (κ1) is 17.8. The van der Waals surface area contributed by atoms with Crippen LogP contribution >= 0.6 is 11.3 Å². The molecule has 0 bridgehead atoms. The van der Waals surface area contributed by atoms with E-state index >= 15 is 0 Å². The number of nitrogens with one attached hydrogen (secondary N) is 1. The Kier molecular flexibility index (Phi) is 4.85. The highest BCUT2D eigenvalue weighted by Crippen LogP contribution is 2.29. The Hall–Kier alpha value is -3.01. The number of hydrogen-bond acceptors (Lipinski definition) is 6. The van der Waals surface area contributed by atoms with Crippen LogP contribution in [-0.2, 0) is 17.5 Å². The van der Waals surface area contributed by atoms with Gasteiger partial charge in [-0.25, -0.2) is 0 Å². The van der Waals surface area contributed by atoms with Crippen LogP contribution in [0, 0.1) is 0 Å². The number of carbonyl (C=O) groups is 2. The zero-order valence-corrected chi connectivity index (χ0v) is 13.7. The zero-order valence-electron chi connectivity index (χ0n) is 12.9. The Morgan fingerprint density at radius 3 is 2.46 bits per heavy atom. The summed E-state index contributed by atoms with van der Waals surface area (Å²) >= 11 is 1.17. The summed E-state index contributed by atoms with van der Waals surface area (Å²) in [4.78, 5) is 27.3. The smallest absolute Gasteiger partial charge is 0.345 e. The van der Waals surface area contributed by atoms with Crippen LogP contribution in [0.3, 0.4) is 0 Å². The number of rotatable bonds is 5. The van der Waals surface area contributed by atoms with Crippen molar-refractivity contribution in [3.8, 4) is 11.4 Å². The quantitative estimate of drug-likeness (QED) is 0.541. The normalized spacial score (nSPS) is 11.3. The Morgan fingerprint density at radius 2 is 1.88 bits per heavy atom. The zero-order chi connectivity index (χ0) is 18.7. The van der Waals surface area contributed by atoms with Gasteiger partial charge >= 0.3 is 12.1 Å². The Labute approximate surface area is 148 Å². The molecule has 0 saturated heterocycles. The molecule has 0 spiro atoms. The van der Waals surface area contributed by atoms with E-state index in [2.05, 4.69) is 20.0 Å². The molecular weight excluding hydrogens is 371 g/mol. The largest absolute Gasteiger partial charge is 0.471 e. The first-order valence-corrected chi connectivity index (χ1v) is 8.09. The van der Waals surface area contributed by atoms with Gasteiger partial charge in [0.05, 0.1) is 4.88 Å². The summed E-state index contributed by atoms with van der Waals surface area (Å²) in [5, 5.41) is 7.47. The van der Waals surface area contributed by atoms with Crippen molar-refractivity contribution in [2.45, 2.75) is 12.7 Å². The SMILES string of the molecule is O=C(NCc1ccc(-c2noc(C(F)(F)F)n2)cc1)C(=O)c1cccs1. The molecule has 10 heteroatoms. The molecule has 134 valence electrons. The van der Waals surface area contributed by atoms with Gasteiger partial charge in [0.15, 0.2) is 0 Å². The molecule has 0 atom stereocenters. The van der Waals surface area contributed by atoms with Crippen molar-refractivity contribution < 1.29 is 27.3 Å². The Morgan fingerprint density at radius 1 is 1.15 bits per heavy atom. The van der Waals surface area contributed by atoms with Crippen molar-refractivity contribution in [2.75, 3.05) is 0 Å². The third-order valence-corrected chi connectivity index (χ3v) is 4.15. The summed E-state index contributed by atoms with van der Waals surface area (Å²) in [7, 11) is 0. The Balaban J connectivity index is 1.62. The van der Waals surface area contributed by atoms with E-state index in [1.807, 2.05) is 0 Å². The van der Waals surface area contributed by atoms with Gasteiger partial charge in [-0.05, 0) is 17.0 Å². The number of carbonyl (C=O) groups excluding carboxylic acids is 2. The first-order valence-electron chi connectivity index (χ1n) is 7.21. The molecule has 0 aliphatic rings. The van der Waals surface area contributed by atoms with Crippen molar-refractivity contribution in [2.24, 2.45) is 0 Å². The van der Waals surface area contributed by atoms with Gasteiger partial charge in [-0.3, -0.25) is 9.59 Å². The summed E-state index contributed by atoms with van der Waals surface area (Å²) < 4.78 is 41.6. The molecule has 2 aromatic heterocycles. The van der Waals surface area contributed by atoms with E-state index in [1.54, 1.807) is 29.6 Å². The number of Topliss-reactive ketones (excluding diaryl/α,β-unsaturated/α-hetero) is 1. The van der Waals surface area contributed by atoms with Crippen LogP contribution in [0.25, 0.3) is 11.4 Å². The van der Waals surface area contributed by atoms with Crippen LogP contribution in [0.1, 0.15) is 21.1 Å². The molecule has 1 amide bonds. The second-order valence-corrected chi connectivity index (χ2v) is 6.05. The summed E-state index contributed by atoms with van der Waals surface area (Å²) in [6.45, 7) is 0.0935. The lowest BCUT2D eigenvalue weighted by Crippen LogP contribution is -2.30. The average Bonchev–Trinajstić information content (AvgIpc) is 3.30. The first-order chi connectivity index (χ1) is 12.3. The number of halogens is 3. The van der Waals surface area contributed by atoms with Gasteiger partial charge < -0.3 is 9.84 Å². The fourth-order valence-corrected chi connectivity index (χ4v) is 2.67. The number of ketones is 1. The van der Waals surface area contributed by atoms with Gasteiger partial charge in [0.2, 0.25) is 5.82 Å². The predicted molar refractivity (Wildman–Crippen MR) is 85.2 cm³/mol. The average molecular weight is 381 g/mol. The molecule has 3 rings (SSSR count). The number of thiophene rings is 1. The lowest BCUT2D eigenvalue weighted by Gasteiger charge is -2.04. The molecule has 26 heavy (non-hydrogen) atoms. The van der Waals surface area contributed by atoms with Crippen LogP contribution < -0.4 is 5.32 Å². The van der Waals surface area contributed by atoms with E-state index in [4.69, 9.17) is 0 Å². The molecule has 6 nitrogen and oxygen atoms in total. The fraction of sp³-hybridized carbons (Fsp3) is 0.125. The number of alkyl halides is 3. The molecule has 1 aromatic carbocycles. The number of hydrogen-bond donors (Lipinski definition) is 1. The van der Waals surface area contributed by atoms with Crippen LogP contribution in [-0.4, -0.2) is 21.8 Å². The molecule has 3 aromatic rings. The Bertz CT molecular complexity index is 918. The van der Waals surface area contributed by atoms with Crippen molar-refractivity contribution >= 4 is 23.0 Å². The summed E-state index contributed by atoms with van der Waals surface area (Å²) in [5.74, 6) is -2.97. The molecule has 0 aliphatic carbocycles.